The first-order valence-corrected chi connectivity index (χ1v) is 7.43. The van der Waals surface area contributed by atoms with Gasteiger partial charge in [-0.15, -0.1) is 0 Å². The van der Waals surface area contributed by atoms with E-state index in [1.165, 1.54) is 18.2 Å². The summed E-state index contributed by atoms with van der Waals surface area (Å²) in [6.07, 6.45) is 0. The number of hydrogen-bond donors (Lipinski definition) is 2. The van der Waals surface area contributed by atoms with Crippen molar-refractivity contribution in [1.82, 2.24) is 5.32 Å². The Balaban J connectivity index is 1.89. The predicted molar refractivity (Wildman–Crippen MR) is 91.7 cm³/mol. The predicted octanol–water partition coefficient (Wildman–Crippen LogP) is 4.02. The van der Waals surface area contributed by atoms with Crippen molar-refractivity contribution in [2.45, 2.75) is 13.8 Å². The van der Waals surface area contributed by atoms with E-state index in [0.717, 1.165) is 11.1 Å². The molecule has 24 heavy (non-hydrogen) atoms. The van der Waals surface area contributed by atoms with Gasteiger partial charge in [0.15, 0.2) is 6.73 Å². The number of nitro benzene ring substituents is 1. The van der Waals surface area contributed by atoms with Crippen molar-refractivity contribution >= 4 is 29.0 Å². The number of anilines is 1. The highest BCUT2D eigenvalue weighted by Crippen LogP contribution is 2.27. The van der Waals surface area contributed by atoms with Crippen LogP contribution in [0.25, 0.3) is 0 Å². The maximum atomic E-state index is 11.8. The molecule has 2 aromatic rings. The van der Waals surface area contributed by atoms with Gasteiger partial charge in [0.25, 0.3) is 5.69 Å². The summed E-state index contributed by atoms with van der Waals surface area (Å²) < 4.78 is 5.48. The first-order chi connectivity index (χ1) is 11.4. The summed E-state index contributed by atoms with van der Waals surface area (Å²) in [5.41, 5.74) is 2.07. The lowest BCUT2D eigenvalue weighted by molar-refractivity contribution is -0.384. The molecule has 0 spiro atoms. The molecule has 0 aromatic heterocycles. The number of carbonyl (C=O) groups is 1. The number of halogens is 1. The van der Waals surface area contributed by atoms with E-state index in [1.54, 1.807) is 0 Å². The Morgan fingerprint density at radius 1 is 1.25 bits per heavy atom. The number of amides is 2. The number of nitrogens with one attached hydrogen (secondary N) is 2. The monoisotopic (exact) mass is 349 g/mol. The van der Waals surface area contributed by atoms with Crippen molar-refractivity contribution in [3.63, 3.8) is 0 Å². The van der Waals surface area contributed by atoms with E-state index in [2.05, 4.69) is 10.6 Å². The van der Waals surface area contributed by atoms with Gasteiger partial charge in [0.1, 0.15) is 10.8 Å². The molecule has 0 saturated heterocycles. The number of benzene rings is 2. The van der Waals surface area contributed by atoms with Gasteiger partial charge in [0.05, 0.1) is 4.92 Å². The van der Waals surface area contributed by atoms with Crippen molar-refractivity contribution in [2.75, 3.05) is 12.0 Å². The summed E-state index contributed by atoms with van der Waals surface area (Å²) in [6, 6.07) is 9.18. The molecule has 0 aliphatic heterocycles. The van der Waals surface area contributed by atoms with Crippen LogP contribution in [-0.4, -0.2) is 17.7 Å². The van der Waals surface area contributed by atoms with Gasteiger partial charge in [0, 0.05) is 11.8 Å². The minimum Gasteiger partial charge on any atom is -0.473 e. The summed E-state index contributed by atoms with van der Waals surface area (Å²) in [4.78, 5) is 22.0. The minimum absolute atomic E-state index is 0.00383. The molecular formula is C16H16ClN3O4. The van der Waals surface area contributed by atoms with Crippen LogP contribution in [0.15, 0.2) is 36.4 Å². The standard InChI is InChI=1S/C16H16ClN3O4/c1-10-3-6-15(11(2)7-10)24-9-18-16(21)19-12-4-5-13(17)14(8-12)20(22)23/h3-8H,9H2,1-2H3,(H2,18,19,21). The second-order valence-corrected chi connectivity index (χ2v) is 5.52. The number of ether oxygens (including phenoxy) is 1. The van der Waals surface area contributed by atoms with Crippen LogP contribution in [0.1, 0.15) is 11.1 Å². The van der Waals surface area contributed by atoms with Crippen LogP contribution in [-0.2, 0) is 0 Å². The third-order valence-electron chi connectivity index (χ3n) is 3.19. The lowest BCUT2D eigenvalue weighted by Gasteiger charge is -2.11. The Kier molecular flexibility index (Phi) is 5.59. The number of nitrogens with zero attached hydrogens (tertiary/aromatic N) is 1. The number of nitro groups is 1. The highest BCUT2D eigenvalue weighted by Gasteiger charge is 2.13. The normalized spacial score (nSPS) is 10.1. The second-order valence-electron chi connectivity index (χ2n) is 5.11. The van der Waals surface area contributed by atoms with Crippen LogP contribution in [0.4, 0.5) is 16.2 Å². The number of aryl methyl sites for hydroxylation is 2. The molecular weight excluding hydrogens is 334 g/mol. The summed E-state index contributed by atoms with van der Waals surface area (Å²) in [5.74, 6) is 0.669. The lowest BCUT2D eigenvalue weighted by atomic mass is 10.1. The molecule has 0 atom stereocenters. The summed E-state index contributed by atoms with van der Waals surface area (Å²) >= 11 is 5.72. The van der Waals surface area contributed by atoms with Crippen LogP contribution < -0.4 is 15.4 Å². The van der Waals surface area contributed by atoms with E-state index in [-0.39, 0.29) is 23.1 Å². The fourth-order valence-electron chi connectivity index (χ4n) is 2.05. The molecule has 2 aromatic carbocycles. The summed E-state index contributed by atoms with van der Waals surface area (Å²) in [5, 5.41) is 15.8. The molecule has 8 heteroatoms. The molecule has 2 amide bonds. The average Bonchev–Trinajstić information content (AvgIpc) is 2.51. The van der Waals surface area contributed by atoms with Crippen LogP contribution in [0.3, 0.4) is 0 Å². The maximum absolute atomic E-state index is 11.8. The quantitative estimate of drug-likeness (QED) is 0.484. The van der Waals surface area contributed by atoms with Gasteiger partial charge in [0.2, 0.25) is 0 Å². The van der Waals surface area contributed by atoms with Crippen molar-refractivity contribution in [3.05, 3.63) is 62.7 Å². The molecule has 0 radical (unpaired) electrons. The van der Waals surface area contributed by atoms with E-state index in [4.69, 9.17) is 16.3 Å². The lowest BCUT2D eigenvalue weighted by Crippen LogP contribution is -2.32. The topological polar surface area (TPSA) is 93.5 Å². The van der Waals surface area contributed by atoms with Crippen molar-refractivity contribution in [3.8, 4) is 5.75 Å². The van der Waals surface area contributed by atoms with Gasteiger partial charge in [-0.05, 0) is 37.6 Å². The Hall–Kier alpha value is -2.80. The third-order valence-corrected chi connectivity index (χ3v) is 3.51. The molecule has 0 unspecified atom stereocenters. The molecule has 0 saturated carbocycles. The van der Waals surface area contributed by atoms with Gasteiger partial charge in [-0.2, -0.15) is 0 Å². The average molecular weight is 350 g/mol. The number of rotatable bonds is 5. The van der Waals surface area contributed by atoms with Gasteiger partial charge < -0.3 is 15.4 Å². The largest absolute Gasteiger partial charge is 0.473 e. The molecule has 0 bridgehead atoms. The van der Waals surface area contributed by atoms with Gasteiger partial charge in [-0.3, -0.25) is 10.1 Å². The molecule has 0 aliphatic carbocycles. The van der Waals surface area contributed by atoms with E-state index in [1.807, 2.05) is 32.0 Å². The first-order valence-electron chi connectivity index (χ1n) is 7.05. The molecule has 0 fully saturated rings. The maximum Gasteiger partial charge on any atom is 0.321 e. The van der Waals surface area contributed by atoms with E-state index in [9.17, 15) is 14.9 Å². The number of urea groups is 1. The van der Waals surface area contributed by atoms with Crippen molar-refractivity contribution < 1.29 is 14.5 Å². The third kappa shape index (κ3) is 4.60. The fourth-order valence-corrected chi connectivity index (χ4v) is 2.23. The van der Waals surface area contributed by atoms with Gasteiger partial charge >= 0.3 is 6.03 Å². The molecule has 7 nitrogen and oxygen atoms in total. The number of hydrogen-bond acceptors (Lipinski definition) is 4. The molecule has 2 rings (SSSR count). The van der Waals surface area contributed by atoms with Crippen molar-refractivity contribution in [2.24, 2.45) is 0 Å². The van der Waals surface area contributed by atoms with Crippen LogP contribution in [0, 0.1) is 24.0 Å². The fraction of sp³-hybridized carbons (Fsp3) is 0.188. The zero-order valence-electron chi connectivity index (χ0n) is 13.1. The van der Waals surface area contributed by atoms with Gasteiger partial charge in [-0.1, -0.05) is 29.3 Å². The zero-order valence-corrected chi connectivity index (χ0v) is 13.9. The highest BCUT2D eigenvalue weighted by atomic mass is 35.5. The van der Waals surface area contributed by atoms with Crippen LogP contribution in [0.5, 0.6) is 5.75 Å². The molecule has 0 aliphatic rings. The smallest absolute Gasteiger partial charge is 0.321 e. The molecule has 0 heterocycles. The summed E-state index contributed by atoms with van der Waals surface area (Å²) in [7, 11) is 0. The second kappa shape index (κ2) is 7.65. The van der Waals surface area contributed by atoms with Crippen LogP contribution in [0.2, 0.25) is 5.02 Å². The van der Waals surface area contributed by atoms with Gasteiger partial charge in [-0.25, -0.2) is 4.79 Å². The van der Waals surface area contributed by atoms with E-state index >= 15 is 0 Å². The Morgan fingerprint density at radius 3 is 2.67 bits per heavy atom. The zero-order chi connectivity index (χ0) is 17.7. The van der Waals surface area contributed by atoms with Crippen molar-refractivity contribution in [1.29, 1.82) is 0 Å². The van der Waals surface area contributed by atoms with Crippen LogP contribution >= 0.6 is 11.6 Å². The molecule has 2 N–H and O–H groups in total. The minimum atomic E-state index is -0.616. The molecule has 126 valence electrons. The SMILES string of the molecule is Cc1ccc(OCNC(=O)Nc2ccc(Cl)c([N+](=O)[O-])c2)c(C)c1. The highest BCUT2D eigenvalue weighted by molar-refractivity contribution is 6.32. The first kappa shape index (κ1) is 17.6. The Labute approximate surface area is 143 Å². The number of carbonyl (C=O) groups excluding carboxylic acids is 1. The summed E-state index contributed by atoms with van der Waals surface area (Å²) in [6.45, 7) is 3.86. The Morgan fingerprint density at radius 2 is 2.00 bits per heavy atom. The van der Waals surface area contributed by atoms with E-state index in [0.29, 0.717) is 5.75 Å². The Bertz CT molecular complexity index is 780. The van der Waals surface area contributed by atoms with E-state index < -0.39 is 11.0 Å².